The van der Waals surface area contributed by atoms with Gasteiger partial charge in [0, 0.05) is 48.0 Å². The van der Waals surface area contributed by atoms with Crippen LogP contribution in [0.4, 0.5) is 4.39 Å². The highest BCUT2D eigenvalue weighted by atomic mass is 19.1. The van der Waals surface area contributed by atoms with E-state index >= 15 is 0 Å². The Bertz CT molecular complexity index is 1340. The van der Waals surface area contributed by atoms with Crippen molar-refractivity contribution in [3.05, 3.63) is 101 Å². The molecule has 1 unspecified atom stereocenters. The molecule has 4 N–H and O–H groups in total. The Morgan fingerprint density at radius 1 is 1.21 bits per heavy atom. The molecule has 1 atom stereocenters. The van der Waals surface area contributed by atoms with Gasteiger partial charge in [0.05, 0.1) is 0 Å². The molecule has 1 amide bonds. The number of carbonyl (C=O) groups excluding carboxylic acids is 1. The molecule has 1 aliphatic rings. The number of halogens is 1. The first-order chi connectivity index (χ1) is 16.6. The molecule has 2 heterocycles. The summed E-state index contributed by atoms with van der Waals surface area (Å²) < 4.78 is 13.6. The summed E-state index contributed by atoms with van der Waals surface area (Å²) in [5.41, 5.74) is 8.33. The molecule has 0 saturated carbocycles. The van der Waals surface area contributed by atoms with Crippen LogP contribution >= 0.6 is 0 Å². The molecule has 0 bridgehead atoms. The number of aromatic nitrogens is 2. The Labute approximate surface area is 197 Å². The Balaban J connectivity index is 1.38. The third-order valence-electron chi connectivity index (χ3n) is 6.62. The van der Waals surface area contributed by atoms with E-state index in [0.29, 0.717) is 6.54 Å². The van der Waals surface area contributed by atoms with Crippen molar-refractivity contribution in [1.29, 1.82) is 0 Å². The molecule has 0 aliphatic heterocycles. The molecular formula is C27H27FN4O2. The van der Waals surface area contributed by atoms with Gasteiger partial charge < -0.3 is 9.97 Å². The van der Waals surface area contributed by atoms with Crippen LogP contribution in [0.5, 0.6) is 0 Å². The van der Waals surface area contributed by atoms with Gasteiger partial charge in [0.15, 0.2) is 5.95 Å². The topological polar surface area (TPSA) is 84.2 Å². The Morgan fingerprint density at radius 2 is 2.09 bits per heavy atom. The second-order valence-corrected chi connectivity index (χ2v) is 8.73. The van der Waals surface area contributed by atoms with Gasteiger partial charge in [0.1, 0.15) is 0 Å². The van der Waals surface area contributed by atoms with Crippen molar-refractivity contribution < 1.29 is 14.4 Å². The summed E-state index contributed by atoms with van der Waals surface area (Å²) in [6.07, 6.45) is 7.89. The molecule has 7 heteroatoms. The minimum atomic E-state index is -0.556. The van der Waals surface area contributed by atoms with E-state index < -0.39 is 5.91 Å². The van der Waals surface area contributed by atoms with Gasteiger partial charge in [-0.1, -0.05) is 36.4 Å². The van der Waals surface area contributed by atoms with Gasteiger partial charge in [-0.25, -0.2) is 5.48 Å². The summed E-state index contributed by atoms with van der Waals surface area (Å²) in [6.45, 7) is 1.47. The quantitative estimate of drug-likeness (QED) is 0.172. The number of hydrogen-bond donors (Lipinski definition) is 4. The summed E-state index contributed by atoms with van der Waals surface area (Å²) in [7, 11) is 0. The summed E-state index contributed by atoms with van der Waals surface area (Å²) >= 11 is 0. The van der Waals surface area contributed by atoms with E-state index in [2.05, 4.69) is 51.4 Å². The monoisotopic (exact) mass is 458 g/mol. The number of hydrogen-bond acceptors (Lipinski definition) is 3. The second kappa shape index (κ2) is 9.67. The Hall–Kier alpha value is -3.68. The number of fused-ring (bicyclic) bond motifs is 2. The first-order valence-electron chi connectivity index (χ1n) is 11.5. The van der Waals surface area contributed by atoms with Crippen LogP contribution in [-0.2, 0) is 24.2 Å². The smallest absolute Gasteiger partial charge is 0.267 e. The average Bonchev–Trinajstić information content (AvgIpc) is 3.58. The zero-order valence-electron chi connectivity index (χ0n) is 18.7. The fourth-order valence-electron chi connectivity index (χ4n) is 4.98. The van der Waals surface area contributed by atoms with E-state index in [4.69, 9.17) is 5.21 Å². The normalized spacial score (nSPS) is 15.4. The van der Waals surface area contributed by atoms with Crippen molar-refractivity contribution in [2.75, 3.05) is 6.54 Å². The van der Waals surface area contributed by atoms with Crippen molar-refractivity contribution in [3.63, 3.8) is 0 Å². The summed E-state index contributed by atoms with van der Waals surface area (Å²) in [5.74, 6) is -0.873. The van der Waals surface area contributed by atoms with Crippen LogP contribution in [0.1, 0.15) is 40.4 Å². The molecule has 4 aromatic rings. The number of rotatable bonds is 8. The van der Waals surface area contributed by atoms with Crippen LogP contribution < -0.4 is 5.48 Å². The van der Waals surface area contributed by atoms with Crippen LogP contribution in [0.15, 0.2) is 66.9 Å². The van der Waals surface area contributed by atoms with E-state index in [1.54, 1.807) is 11.6 Å². The predicted octanol–water partition coefficient (Wildman–Crippen LogP) is 4.89. The number of nitrogens with one attached hydrogen (secondary N) is 3. The highest BCUT2D eigenvalue weighted by molar-refractivity contribution is 5.90. The highest BCUT2D eigenvalue weighted by Gasteiger charge is 2.28. The van der Waals surface area contributed by atoms with Crippen LogP contribution in [0, 0.1) is 5.95 Å². The summed E-state index contributed by atoms with van der Waals surface area (Å²) in [5, 5.41) is 9.92. The van der Waals surface area contributed by atoms with Gasteiger partial charge in [0.25, 0.3) is 5.91 Å². The van der Waals surface area contributed by atoms with Gasteiger partial charge in [-0.15, -0.1) is 0 Å². The van der Waals surface area contributed by atoms with Crippen molar-refractivity contribution in [3.8, 4) is 0 Å². The van der Waals surface area contributed by atoms with Gasteiger partial charge in [-0.05, 0) is 65.8 Å². The Kier molecular flexibility index (Phi) is 6.29. The van der Waals surface area contributed by atoms with E-state index in [0.717, 1.165) is 42.6 Å². The Morgan fingerprint density at radius 3 is 2.91 bits per heavy atom. The van der Waals surface area contributed by atoms with Gasteiger partial charge in [-0.3, -0.25) is 14.9 Å². The number of nitrogens with zero attached hydrogens (tertiary/aromatic N) is 1. The SMILES string of the molecule is O=C(C=Cc1ccc2c(c1)CCC2N(CCc1c[nH]c2ccccc12)Cc1ccc(F)[nH]1)NO. The number of para-hydroxylation sites is 1. The van der Waals surface area contributed by atoms with Crippen LogP contribution in [0.25, 0.3) is 17.0 Å². The third-order valence-corrected chi connectivity index (χ3v) is 6.62. The van der Waals surface area contributed by atoms with Crippen molar-refractivity contribution in [1.82, 2.24) is 20.3 Å². The molecule has 0 radical (unpaired) electrons. The zero-order valence-corrected chi connectivity index (χ0v) is 18.7. The number of aromatic amines is 2. The van der Waals surface area contributed by atoms with Crippen molar-refractivity contribution in [2.24, 2.45) is 0 Å². The van der Waals surface area contributed by atoms with Gasteiger partial charge >= 0.3 is 0 Å². The largest absolute Gasteiger partial charge is 0.361 e. The summed E-state index contributed by atoms with van der Waals surface area (Å²) in [4.78, 5) is 19.9. The lowest BCUT2D eigenvalue weighted by Crippen LogP contribution is -2.29. The van der Waals surface area contributed by atoms with E-state index in [1.807, 2.05) is 18.2 Å². The first-order valence-corrected chi connectivity index (χ1v) is 11.5. The minimum Gasteiger partial charge on any atom is -0.361 e. The fraction of sp³-hybridized carbons (Fsp3) is 0.222. The molecule has 34 heavy (non-hydrogen) atoms. The molecule has 174 valence electrons. The maximum Gasteiger partial charge on any atom is 0.267 e. The molecular weight excluding hydrogens is 431 g/mol. The lowest BCUT2D eigenvalue weighted by molar-refractivity contribution is -0.124. The number of aryl methyl sites for hydroxylation is 1. The minimum absolute atomic E-state index is 0.227. The third kappa shape index (κ3) is 4.66. The first kappa shape index (κ1) is 22.1. The number of H-pyrrole nitrogens is 2. The van der Waals surface area contributed by atoms with Crippen molar-refractivity contribution >= 4 is 22.9 Å². The molecule has 1 aliphatic carbocycles. The molecule has 0 fully saturated rings. The van der Waals surface area contributed by atoms with Crippen LogP contribution in [0.3, 0.4) is 0 Å². The van der Waals surface area contributed by atoms with Crippen LogP contribution in [-0.4, -0.2) is 32.5 Å². The van der Waals surface area contributed by atoms with E-state index in [-0.39, 0.29) is 12.0 Å². The molecule has 2 aromatic heterocycles. The average molecular weight is 459 g/mol. The predicted molar refractivity (Wildman–Crippen MR) is 130 cm³/mol. The number of amides is 1. The standard InChI is InChI=1S/C27H27FN4O2/c28-26-11-8-21(30-26)17-32(14-13-20-16-29-24-4-2-1-3-22(20)24)25-10-7-19-15-18(5-9-23(19)25)6-12-27(33)31-34/h1-6,8-9,11-12,15-16,25,29-30,34H,7,10,13-14,17H2,(H,31,33). The van der Waals surface area contributed by atoms with E-state index in [9.17, 15) is 9.18 Å². The number of hydroxylamine groups is 1. The van der Waals surface area contributed by atoms with Crippen molar-refractivity contribution in [2.45, 2.75) is 31.8 Å². The number of benzene rings is 2. The second-order valence-electron chi connectivity index (χ2n) is 8.73. The zero-order chi connectivity index (χ0) is 23.5. The van der Waals surface area contributed by atoms with Gasteiger partial charge in [0.2, 0.25) is 0 Å². The molecule has 0 spiro atoms. The number of carbonyl (C=O) groups is 1. The molecule has 0 saturated heterocycles. The maximum absolute atomic E-state index is 13.6. The van der Waals surface area contributed by atoms with Crippen LogP contribution in [0.2, 0.25) is 0 Å². The highest BCUT2D eigenvalue weighted by Crippen LogP contribution is 2.37. The molecule has 6 nitrogen and oxygen atoms in total. The molecule has 5 rings (SSSR count). The van der Waals surface area contributed by atoms with E-state index in [1.165, 1.54) is 34.2 Å². The lowest BCUT2D eigenvalue weighted by atomic mass is 10.0. The summed E-state index contributed by atoms with van der Waals surface area (Å²) in [6, 6.07) is 18.0. The maximum atomic E-state index is 13.6. The molecule has 2 aromatic carbocycles. The fourth-order valence-corrected chi connectivity index (χ4v) is 4.98. The lowest BCUT2D eigenvalue weighted by Gasteiger charge is -2.29. The van der Waals surface area contributed by atoms with Gasteiger partial charge in [-0.2, -0.15) is 4.39 Å².